The normalized spacial score (nSPS) is 32.6. The van der Waals surface area contributed by atoms with Crippen LogP contribution in [-0.4, -0.2) is 42.8 Å². The molecule has 2 bridgehead atoms. The Kier molecular flexibility index (Phi) is 5.34. The van der Waals surface area contributed by atoms with Crippen LogP contribution < -0.4 is 0 Å². The van der Waals surface area contributed by atoms with Crippen molar-refractivity contribution in [3.63, 3.8) is 0 Å². The van der Waals surface area contributed by atoms with Crippen LogP contribution in [0.25, 0.3) is 0 Å². The molecule has 108 valence electrons. The zero-order chi connectivity index (χ0) is 13.7. The van der Waals surface area contributed by atoms with Gasteiger partial charge in [0, 0.05) is 26.1 Å². The number of hydrogen-bond acceptors (Lipinski definition) is 4. The van der Waals surface area contributed by atoms with Gasteiger partial charge in [0.25, 0.3) is 0 Å². The van der Waals surface area contributed by atoms with E-state index in [1.165, 1.54) is 0 Å². The molecule has 0 aliphatic carbocycles. The van der Waals surface area contributed by atoms with Crippen molar-refractivity contribution in [1.82, 2.24) is 0 Å². The third kappa shape index (κ3) is 3.76. The molecule has 0 unspecified atom stereocenters. The molecule has 2 heterocycles. The van der Waals surface area contributed by atoms with Crippen LogP contribution in [0.2, 0.25) is 0 Å². The molecule has 0 radical (unpaired) electrons. The average molecular weight is 270 g/mol. The lowest BCUT2D eigenvalue weighted by Crippen LogP contribution is -2.28. The lowest BCUT2D eigenvalue weighted by molar-refractivity contribution is -0.137. The largest absolute Gasteiger partial charge is 0.481 e. The van der Waals surface area contributed by atoms with Crippen molar-refractivity contribution in [3.05, 3.63) is 0 Å². The second-order valence-electron chi connectivity index (χ2n) is 5.42. The van der Waals surface area contributed by atoms with Crippen molar-refractivity contribution in [3.8, 4) is 0 Å². The van der Waals surface area contributed by atoms with Crippen LogP contribution in [0, 0.1) is 11.8 Å². The molecule has 2 rings (SSSR count). The molecule has 4 atom stereocenters. The van der Waals surface area contributed by atoms with Gasteiger partial charge in [0.15, 0.2) is 0 Å². The highest BCUT2D eigenvalue weighted by Crippen LogP contribution is 2.46. The zero-order valence-corrected chi connectivity index (χ0v) is 11.1. The molecule has 5 heteroatoms. The first kappa shape index (κ1) is 14.5. The number of carboxylic acids is 1. The SMILES string of the molecule is O=CC[C@H]1[C@@H](CCOCCCC(=O)O)[C@H]2CC[C@@H]1O2. The quantitative estimate of drug-likeness (QED) is 0.509. The molecule has 5 nitrogen and oxygen atoms in total. The van der Waals surface area contributed by atoms with Gasteiger partial charge in [-0.1, -0.05) is 0 Å². The minimum Gasteiger partial charge on any atom is -0.481 e. The summed E-state index contributed by atoms with van der Waals surface area (Å²) in [6.07, 6.45) is 5.96. The van der Waals surface area contributed by atoms with Crippen LogP contribution in [0.5, 0.6) is 0 Å². The first-order valence-corrected chi connectivity index (χ1v) is 7.11. The predicted molar refractivity (Wildman–Crippen MR) is 67.9 cm³/mol. The van der Waals surface area contributed by atoms with Gasteiger partial charge in [0.05, 0.1) is 12.2 Å². The van der Waals surface area contributed by atoms with E-state index in [0.717, 1.165) is 25.5 Å². The fourth-order valence-electron chi connectivity index (χ4n) is 3.36. The molecular weight excluding hydrogens is 248 g/mol. The highest BCUT2D eigenvalue weighted by Gasteiger charge is 2.47. The summed E-state index contributed by atoms with van der Waals surface area (Å²) in [6, 6.07) is 0. The van der Waals surface area contributed by atoms with Crippen molar-refractivity contribution in [2.45, 2.75) is 50.7 Å². The summed E-state index contributed by atoms with van der Waals surface area (Å²) >= 11 is 0. The summed E-state index contributed by atoms with van der Waals surface area (Å²) in [5, 5.41) is 8.50. The Morgan fingerprint density at radius 1 is 1.26 bits per heavy atom. The van der Waals surface area contributed by atoms with E-state index in [0.29, 0.717) is 44.0 Å². The number of ether oxygens (including phenoxy) is 2. The minimum atomic E-state index is -0.781. The molecule has 0 aromatic rings. The molecule has 2 fully saturated rings. The third-order valence-corrected chi connectivity index (χ3v) is 4.23. The molecule has 0 spiro atoms. The lowest BCUT2D eigenvalue weighted by Gasteiger charge is -2.26. The lowest BCUT2D eigenvalue weighted by atomic mass is 9.76. The third-order valence-electron chi connectivity index (χ3n) is 4.23. The maximum absolute atomic E-state index is 10.7. The molecule has 2 saturated heterocycles. The van der Waals surface area contributed by atoms with E-state index >= 15 is 0 Å². The number of carbonyl (C=O) groups excluding carboxylic acids is 1. The Morgan fingerprint density at radius 2 is 2.00 bits per heavy atom. The van der Waals surface area contributed by atoms with Gasteiger partial charge in [0.2, 0.25) is 0 Å². The number of aliphatic carboxylic acids is 1. The first-order chi connectivity index (χ1) is 9.22. The highest BCUT2D eigenvalue weighted by molar-refractivity contribution is 5.66. The van der Waals surface area contributed by atoms with Crippen LogP contribution in [0.4, 0.5) is 0 Å². The van der Waals surface area contributed by atoms with E-state index in [2.05, 4.69) is 0 Å². The molecule has 0 amide bonds. The van der Waals surface area contributed by atoms with Gasteiger partial charge in [-0.05, 0) is 37.5 Å². The van der Waals surface area contributed by atoms with E-state index in [1.54, 1.807) is 0 Å². The summed E-state index contributed by atoms with van der Waals surface area (Å²) in [6.45, 7) is 1.12. The van der Waals surface area contributed by atoms with E-state index in [1.807, 2.05) is 0 Å². The van der Waals surface area contributed by atoms with E-state index in [9.17, 15) is 9.59 Å². The maximum atomic E-state index is 10.7. The molecule has 0 saturated carbocycles. The predicted octanol–water partition coefficient (Wildman–Crippen LogP) is 1.64. The molecule has 0 aromatic carbocycles. The van der Waals surface area contributed by atoms with Crippen LogP contribution in [0.1, 0.15) is 38.5 Å². The van der Waals surface area contributed by atoms with Gasteiger partial charge in [-0.25, -0.2) is 0 Å². The summed E-state index contributed by atoms with van der Waals surface area (Å²) < 4.78 is 11.3. The summed E-state index contributed by atoms with van der Waals surface area (Å²) in [7, 11) is 0. The maximum Gasteiger partial charge on any atom is 0.303 e. The number of fused-ring (bicyclic) bond motifs is 2. The monoisotopic (exact) mass is 270 g/mol. The van der Waals surface area contributed by atoms with Crippen molar-refractivity contribution in [1.29, 1.82) is 0 Å². The van der Waals surface area contributed by atoms with Gasteiger partial charge >= 0.3 is 5.97 Å². The Labute approximate surface area is 113 Å². The van der Waals surface area contributed by atoms with Crippen LogP contribution in [0.3, 0.4) is 0 Å². The number of rotatable bonds is 9. The zero-order valence-electron chi connectivity index (χ0n) is 11.1. The Balaban J connectivity index is 1.64. The first-order valence-electron chi connectivity index (χ1n) is 7.11. The fourth-order valence-corrected chi connectivity index (χ4v) is 3.36. The highest BCUT2D eigenvalue weighted by atomic mass is 16.5. The topological polar surface area (TPSA) is 72.8 Å². The van der Waals surface area contributed by atoms with Gasteiger partial charge in [-0.2, -0.15) is 0 Å². The van der Waals surface area contributed by atoms with Crippen molar-refractivity contribution < 1.29 is 24.2 Å². The average Bonchev–Trinajstić information content (AvgIpc) is 2.95. The van der Waals surface area contributed by atoms with Crippen LogP contribution in [-0.2, 0) is 19.1 Å². The van der Waals surface area contributed by atoms with Gasteiger partial charge < -0.3 is 19.4 Å². The number of aldehydes is 1. The van der Waals surface area contributed by atoms with Gasteiger partial charge in [-0.15, -0.1) is 0 Å². The Morgan fingerprint density at radius 3 is 2.68 bits per heavy atom. The minimum absolute atomic E-state index is 0.158. The number of carbonyl (C=O) groups is 2. The molecule has 2 aliphatic rings. The van der Waals surface area contributed by atoms with E-state index < -0.39 is 5.97 Å². The van der Waals surface area contributed by atoms with Crippen LogP contribution in [0.15, 0.2) is 0 Å². The van der Waals surface area contributed by atoms with Crippen molar-refractivity contribution in [2.24, 2.45) is 11.8 Å². The molecule has 1 N–H and O–H groups in total. The molecule has 0 aromatic heterocycles. The molecule has 19 heavy (non-hydrogen) atoms. The summed E-state index contributed by atoms with van der Waals surface area (Å²) in [4.78, 5) is 21.1. The second-order valence-corrected chi connectivity index (χ2v) is 5.42. The number of carboxylic acid groups (broad SMARTS) is 1. The number of hydrogen-bond donors (Lipinski definition) is 1. The summed E-state index contributed by atoms with van der Waals surface area (Å²) in [5.74, 6) is 0.0124. The van der Waals surface area contributed by atoms with E-state index in [-0.39, 0.29) is 12.5 Å². The standard InChI is InChI=1S/C14H22O5/c15-7-5-10-11(13-4-3-12(10)19-13)6-9-18-8-1-2-14(16)17/h7,10-13H,1-6,8-9H2,(H,16,17)/t10-,11+,12-,13+/m0/s1. The Hall–Kier alpha value is -0.940. The van der Waals surface area contributed by atoms with Crippen molar-refractivity contribution in [2.75, 3.05) is 13.2 Å². The Bertz CT molecular complexity index is 317. The van der Waals surface area contributed by atoms with Crippen LogP contribution >= 0.6 is 0 Å². The smallest absolute Gasteiger partial charge is 0.303 e. The summed E-state index contributed by atoms with van der Waals surface area (Å²) in [5.41, 5.74) is 0. The molecular formula is C14H22O5. The second kappa shape index (κ2) is 7.01. The van der Waals surface area contributed by atoms with Crippen molar-refractivity contribution >= 4 is 12.3 Å². The fraction of sp³-hybridized carbons (Fsp3) is 0.857. The van der Waals surface area contributed by atoms with Gasteiger partial charge in [-0.3, -0.25) is 4.79 Å². The van der Waals surface area contributed by atoms with Gasteiger partial charge in [0.1, 0.15) is 6.29 Å². The molecule has 2 aliphatic heterocycles. The van der Waals surface area contributed by atoms with E-state index in [4.69, 9.17) is 14.6 Å².